The lowest BCUT2D eigenvalue weighted by Gasteiger charge is -2.36. The van der Waals surface area contributed by atoms with E-state index in [4.69, 9.17) is 5.26 Å². The molecule has 0 atom stereocenters. The quantitative estimate of drug-likeness (QED) is 0.732. The Bertz CT molecular complexity index is 1060. The van der Waals surface area contributed by atoms with Gasteiger partial charge in [-0.15, -0.1) is 0 Å². The first kappa shape index (κ1) is 19.8. The summed E-state index contributed by atoms with van der Waals surface area (Å²) in [5.41, 5.74) is 0.562. The minimum absolute atomic E-state index is 0.223. The summed E-state index contributed by atoms with van der Waals surface area (Å²) in [5.74, 6) is -3.33. The molecule has 146 valence electrons. The van der Waals surface area contributed by atoms with E-state index in [0.29, 0.717) is 18.7 Å². The summed E-state index contributed by atoms with van der Waals surface area (Å²) in [7, 11) is -3.93. The maximum absolute atomic E-state index is 14.5. The molecule has 28 heavy (non-hydrogen) atoms. The highest BCUT2D eigenvalue weighted by atomic mass is 32.2. The first-order valence-electron chi connectivity index (χ1n) is 8.45. The van der Waals surface area contributed by atoms with Crippen LogP contribution in [0.1, 0.15) is 15.9 Å². The predicted molar refractivity (Wildman–Crippen MR) is 98.7 cm³/mol. The van der Waals surface area contributed by atoms with Gasteiger partial charge in [0.2, 0.25) is 0 Å². The molecule has 1 fully saturated rings. The molecule has 1 heterocycles. The van der Waals surface area contributed by atoms with Gasteiger partial charge in [-0.05, 0) is 36.4 Å². The number of halogens is 2. The first-order chi connectivity index (χ1) is 13.2. The molecular formula is C19H17F2N3O3S. The van der Waals surface area contributed by atoms with Gasteiger partial charge < -0.3 is 9.80 Å². The number of carbonyl (C=O) groups is 1. The van der Waals surface area contributed by atoms with Gasteiger partial charge in [0.15, 0.2) is 15.7 Å². The normalized spacial score (nSPS) is 14.6. The highest BCUT2D eigenvalue weighted by Gasteiger charge is 2.30. The Morgan fingerprint density at radius 2 is 1.64 bits per heavy atom. The second kappa shape index (κ2) is 7.56. The van der Waals surface area contributed by atoms with Crippen LogP contribution in [0.15, 0.2) is 41.3 Å². The SMILES string of the molecule is CS(=O)(=O)c1ccc(F)c(C(=O)N2CCN(c3ccc(C#N)cc3)CC2)c1F. The molecule has 0 saturated carbocycles. The Labute approximate surface area is 161 Å². The zero-order valence-electron chi connectivity index (χ0n) is 15.0. The van der Waals surface area contributed by atoms with Gasteiger partial charge in [0, 0.05) is 38.1 Å². The number of piperazine rings is 1. The number of benzene rings is 2. The molecule has 0 unspecified atom stereocenters. The molecule has 2 aromatic carbocycles. The predicted octanol–water partition coefficient (Wildman–Crippen LogP) is 2.20. The molecular weight excluding hydrogens is 388 g/mol. The highest BCUT2D eigenvalue weighted by Crippen LogP contribution is 2.24. The minimum atomic E-state index is -3.93. The number of rotatable bonds is 3. The molecule has 0 radical (unpaired) electrons. The van der Waals surface area contributed by atoms with Crippen LogP contribution in [0.4, 0.5) is 14.5 Å². The molecule has 3 rings (SSSR count). The molecule has 0 spiro atoms. The molecule has 1 saturated heterocycles. The van der Waals surface area contributed by atoms with E-state index < -0.39 is 37.8 Å². The van der Waals surface area contributed by atoms with Crippen molar-refractivity contribution in [2.45, 2.75) is 4.90 Å². The average molecular weight is 405 g/mol. The molecule has 1 aliphatic heterocycles. The molecule has 1 aliphatic rings. The van der Waals surface area contributed by atoms with Crippen molar-refractivity contribution >= 4 is 21.4 Å². The summed E-state index contributed by atoms with van der Waals surface area (Å²) < 4.78 is 52.0. The smallest absolute Gasteiger partial charge is 0.259 e. The fraction of sp³-hybridized carbons (Fsp3) is 0.263. The van der Waals surface area contributed by atoms with Gasteiger partial charge in [-0.3, -0.25) is 4.79 Å². The molecule has 1 amide bonds. The van der Waals surface area contributed by atoms with Crippen molar-refractivity contribution in [3.8, 4) is 6.07 Å². The largest absolute Gasteiger partial charge is 0.368 e. The third kappa shape index (κ3) is 3.82. The molecule has 0 bridgehead atoms. The Balaban J connectivity index is 1.78. The number of amides is 1. The Morgan fingerprint density at radius 1 is 1.04 bits per heavy atom. The van der Waals surface area contributed by atoms with Gasteiger partial charge in [0.05, 0.1) is 11.6 Å². The van der Waals surface area contributed by atoms with Crippen LogP contribution in [0.3, 0.4) is 0 Å². The van der Waals surface area contributed by atoms with Crippen LogP contribution in [0.25, 0.3) is 0 Å². The van der Waals surface area contributed by atoms with Crippen molar-refractivity contribution in [3.63, 3.8) is 0 Å². The molecule has 6 nitrogen and oxygen atoms in total. The van der Waals surface area contributed by atoms with E-state index in [1.165, 1.54) is 4.90 Å². The maximum atomic E-state index is 14.5. The van der Waals surface area contributed by atoms with E-state index in [0.717, 1.165) is 24.1 Å². The lowest BCUT2D eigenvalue weighted by molar-refractivity contribution is 0.0736. The zero-order chi connectivity index (χ0) is 20.5. The summed E-state index contributed by atoms with van der Waals surface area (Å²) in [6, 6.07) is 10.6. The third-order valence-electron chi connectivity index (χ3n) is 4.60. The van der Waals surface area contributed by atoms with Gasteiger partial charge in [0.1, 0.15) is 16.3 Å². The van der Waals surface area contributed by atoms with E-state index >= 15 is 0 Å². The second-order valence-corrected chi connectivity index (χ2v) is 8.43. The standard InChI is InChI=1S/C19H17F2N3O3S/c1-28(26,27)16-7-6-15(20)17(18(16)21)19(25)24-10-8-23(9-11-24)14-4-2-13(12-22)3-5-14/h2-7H,8-11H2,1H3. The topological polar surface area (TPSA) is 81.5 Å². The monoisotopic (exact) mass is 405 g/mol. The Morgan fingerprint density at radius 3 is 2.18 bits per heavy atom. The van der Waals surface area contributed by atoms with Crippen LogP contribution in [0, 0.1) is 23.0 Å². The number of hydrogen-bond donors (Lipinski definition) is 0. The Hall–Kier alpha value is -2.99. The number of hydrogen-bond acceptors (Lipinski definition) is 5. The van der Waals surface area contributed by atoms with Crippen LogP contribution in [0.5, 0.6) is 0 Å². The zero-order valence-corrected chi connectivity index (χ0v) is 15.8. The summed E-state index contributed by atoms with van der Waals surface area (Å²) in [6.07, 6.45) is 0.800. The number of carbonyl (C=O) groups excluding carboxylic acids is 1. The van der Waals surface area contributed by atoms with Crippen molar-refractivity contribution in [3.05, 3.63) is 59.2 Å². The van der Waals surface area contributed by atoms with Crippen LogP contribution in [0.2, 0.25) is 0 Å². The van der Waals surface area contributed by atoms with Crippen LogP contribution < -0.4 is 4.90 Å². The number of sulfone groups is 1. The summed E-state index contributed by atoms with van der Waals surface area (Å²) in [6.45, 7) is 1.32. The summed E-state index contributed by atoms with van der Waals surface area (Å²) in [5, 5.41) is 8.85. The lowest BCUT2D eigenvalue weighted by Crippen LogP contribution is -2.49. The van der Waals surface area contributed by atoms with Crippen molar-refractivity contribution in [1.82, 2.24) is 4.90 Å². The lowest BCUT2D eigenvalue weighted by atomic mass is 10.1. The Kier molecular flexibility index (Phi) is 5.34. The molecule has 2 aromatic rings. The number of nitriles is 1. The van der Waals surface area contributed by atoms with Gasteiger partial charge >= 0.3 is 0 Å². The van der Waals surface area contributed by atoms with E-state index in [1.54, 1.807) is 24.3 Å². The molecule has 0 N–H and O–H groups in total. The van der Waals surface area contributed by atoms with Crippen molar-refractivity contribution in [2.24, 2.45) is 0 Å². The summed E-state index contributed by atoms with van der Waals surface area (Å²) >= 11 is 0. The van der Waals surface area contributed by atoms with Crippen molar-refractivity contribution in [1.29, 1.82) is 5.26 Å². The number of nitrogens with zero attached hydrogens (tertiary/aromatic N) is 3. The van der Waals surface area contributed by atoms with Crippen molar-refractivity contribution < 1.29 is 22.0 Å². The minimum Gasteiger partial charge on any atom is -0.368 e. The van der Waals surface area contributed by atoms with E-state index in [9.17, 15) is 22.0 Å². The highest BCUT2D eigenvalue weighted by molar-refractivity contribution is 7.90. The molecule has 0 aromatic heterocycles. The van der Waals surface area contributed by atoms with Crippen LogP contribution in [-0.4, -0.2) is 51.7 Å². The van der Waals surface area contributed by atoms with E-state index in [1.807, 2.05) is 11.0 Å². The third-order valence-corrected chi connectivity index (χ3v) is 5.71. The summed E-state index contributed by atoms with van der Waals surface area (Å²) in [4.78, 5) is 15.2. The second-order valence-electron chi connectivity index (χ2n) is 6.44. The maximum Gasteiger partial charge on any atom is 0.259 e. The molecule has 0 aliphatic carbocycles. The van der Waals surface area contributed by atoms with Gasteiger partial charge in [-0.25, -0.2) is 17.2 Å². The fourth-order valence-electron chi connectivity index (χ4n) is 3.09. The van der Waals surface area contributed by atoms with E-state index in [2.05, 4.69) is 0 Å². The first-order valence-corrected chi connectivity index (χ1v) is 10.3. The van der Waals surface area contributed by atoms with E-state index in [-0.39, 0.29) is 13.1 Å². The van der Waals surface area contributed by atoms with Crippen LogP contribution in [-0.2, 0) is 9.84 Å². The van der Waals surface area contributed by atoms with Crippen molar-refractivity contribution in [2.75, 3.05) is 37.3 Å². The van der Waals surface area contributed by atoms with Gasteiger partial charge in [-0.1, -0.05) is 0 Å². The van der Waals surface area contributed by atoms with Crippen LogP contribution >= 0.6 is 0 Å². The molecule has 9 heteroatoms. The van der Waals surface area contributed by atoms with Gasteiger partial charge in [0.25, 0.3) is 5.91 Å². The van der Waals surface area contributed by atoms with Gasteiger partial charge in [-0.2, -0.15) is 5.26 Å². The fourth-order valence-corrected chi connectivity index (χ4v) is 3.83. The average Bonchev–Trinajstić information content (AvgIpc) is 2.67. The number of anilines is 1.